The van der Waals surface area contributed by atoms with Gasteiger partial charge in [0.25, 0.3) is 0 Å². The molecule has 0 radical (unpaired) electrons. The summed E-state index contributed by atoms with van der Waals surface area (Å²) >= 11 is 0. The molecule has 0 aliphatic rings. The van der Waals surface area contributed by atoms with E-state index in [-0.39, 0.29) is 5.82 Å². The van der Waals surface area contributed by atoms with Crippen molar-refractivity contribution in [3.63, 3.8) is 0 Å². The van der Waals surface area contributed by atoms with Gasteiger partial charge in [-0.25, -0.2) is 4.39 Å². The highest BCUT2D eigenvalue weighted by Gasteiger charge is 2.01. The van der Waals surface area contributed by atoms with Crippen LogP contribution in [0.2, 0.25) is 0 Å². The summed E-state index contributed by atoms with van der Waals surface area (Å²) in [6.07, 6.45) is 1.02. The van der Waals surface area contributed by atoms with Crippen LogP contribution in [0.25, 0.3) is 0 Å². The van der Waals surface area contributed by atoms with Gasteiger partial charge in [0.1, 0.15) is 5.82 Å². The maximum atomic E-state index is 13.4. The Morgan fingerprint density at radius 1 is 0.950 bits per heavy atom. The van der Waals surface area contributed by atoms with Gasteiger partial charge >= 0.3 is 0 Å². The lowest BCUT2D eigenvalue weighted by atomic mass is 10.1. The van der Waals surface area contributed by atoms with Gasteiger partial charge in [-0.3, -0.25) is 0 Å². The van der Waals surface area contributed by atoms with Crippen molar-refractivity contribution in [1.82, 2.24) is 5.32 Å². The van der Waals surface area contributed by atoms with E-state index in [1.165, 1.54) is 11.6 Å². The molecule has 0 amide bonds. The highest BCUT2D eigenvalue weighted by Crippen LogP contribution is 2.11. The zero-order valence-electron chi connectivity index (χ0n) is 11.7. The fourth-order valence-corrected chi connectivity index (χ4v) is 1.97. The first kappa shape index (κ1) is 14.7. The maximum absolute atomic E-state index is 13.4. The first-order valence-corrected chi connectivity index (χ1v) is 6.83. The highest BCUT2D eigenvalue weighted by atomic mass is 19.1. The molecule has 0 unspecified atom stereocenters. The SMILES string of the molecule is CNCCc1ccc(COCc2ccccc2F)cc1. The van der Waals surface area contributed by atoms with Crippen molar-refractivity contribution in [2.75, 3.05) is 13.6 Å². The van der Waals surface area contributed by atoms with E-state index in [2.05, 4.69) is 29.6 Å². The van der Waals surface area contributed by atoms with Gasteiger partial charge in [0.15, 0.2) is 0 Å². The van der Waals surface area contributed by atoms with Gasteiger partial charge in [-0.2, -0.15) is 0 Å². The van der Waals surface area contributed by atoms with Crippen LogP contribution in [0.4, 0.5) is 4.39 Å². The predicted octanol–water partition coefficient (Wildman–Crippen LogP) is 3.30. The third kappa shape index (κ3) is 4.44. The van der Waals surface area contributed by atoms with E-state index < -0.39 is 0 Å². The molecule has 2 aromatic rings. The molecule has 0 aliphatic carbocycles. The highest BCUT2D eigenvalue weighted by molar-refractivity contribution is 5.22. The first-order chi connectivity index (χ1) is 9.79. The van der Waals surface area contributed by atoms with Crippen LogP contribution in [0.5, 0.6) is 0 Å². The van der Waals surface area contributed by atoms with Crippen molar-refractivity contribution in [3.8, 4) is 0 Å². The van der Waals surface area contributed by atoms with Crippen molar-refractivity contribution < 1.29 is 9.13 Å². The molecule has 0 bridgehead atoms. The summed E-state index contributed by atoms with van der Waals surface area (Å²) < 4.78 is 19.0. The van der Waals surface area contributed by atoms with Crippen LogP contribution in [-0.4, -0.2) is 13.6 Å². The summed E-state index contributed by atoms with van der Waals surface area (Å²) in [7, 11) is 1.95. The zero-order valence-corrected chi connectivity index (χ0v) is 11.7. The number of nitrogens with one attached hydrogen (secondary N) is 1. The number of hydrogen-bond acceptors (Lipinski definition) is 2. The fraction of sp³-hybridized carbons (Fsp3) is 0.294. The molecule has 0 fully saturated rings. The molecular weight excluding hydrogens is 253 g/mol. The number of hydrogen-bond donors (Lipinski definition) is 1. The summed E-state index contributed by atoms with van der Waals surface area (Å²) in [6.45, 7) is 1.78. The van der Waals surface area contributed by atoms with Crippen LogP contribution in [0.15, 0.2) is 48.5 Å². The molecule has 106 valence electrons. The Balaban J connectivity index is 1.81. The van der Waals surface area contributed by atoms with E-state index >= 15 is 0 Å². The average molecular weight is 273 g/mol. The molecule has 0 saturated carbocycles. The van der Waals surface area contributed by atoms with E-state index in [9.17, 15) is 4.39 Å². The van der Waals surface area contributed by atoms with Gasteiger partial charge < -0.3 is 10.1 Å². The third-order valence-corrected chi connectivity index (χ3v) is 3.17. The average Bonchev–Trinajstić information content (AvgIpc) is 2.48. The van der Waals surface area contributed by atoms with E-state index in [4.69, 9.17) is 4.74 Å². The van der Waals surface area contributed by atoms with Crippen molar-refractivity contribution in [3.05, 3.63) is 71.0 Å². The summed E-state index contributed by atoms with van der Waals surface area (Å²) in [5.41, 5.74) is 3.00. The smallest absolute Gasteiger partial charge is 0.128 e. The molecular formula is C17H20FNO. The summed E-state index contributed by atoms with van der Waals surface area (Å²) in [4.78, 5) is 0. The van der Waals surface area contributed by atoms with Crippen LogP contribution in [0.3, 0.4) is 0 Å². The third-order valence-electron chi connectivity index (χ3n) is 3.17. The molecule has 1 N–H and O–H groups in total. The van der Waals surface area contributed by atoms with Crippen LogP contribution in [0, 0.1) is 5.82 Å². The van der Waals surface area contributed by atoms with Gasteiger partial charge in [0, 0.05) is 5.56 Å². The van der Waals surface area contributed by atoms with Crippen LogP contribution in [-0.2, 0) is 24.4 Å². The van der Waals surface area contributed by atoms with E-state index in [1.807, 2.05) is 13.1 Å². The Labute approximate surface area is 119 Å². The molecule has 0 heterocycles. The molecule has 2 nitrogen and oxygen atoms in total. The van der Waals surface area contributed by atoms with Crippen LogP contribution >= 0.6 is 0 Å². The van der Waals surface area contributed by atoms with E-state index in [0.29, 0.717) is 18.8 Å². The second-order valence-electron chi connectivity index (χ2n) is 4.75. The van der Waals surface area contributed by atoms with Crippen molar-refractivity contribution in [2.45, 2.75) is 19.6 Å². The number of likely N-dealkylation sites (N-methyl/N-ethyl adjacent to an activating group) is 1. The largest absolute Gasteiger partial charge is 0.372 e. The fourth-order valence-electron chi connectivity index (χ4n) is 1.97. The second kappa shape index (κ2) is 7.78. The number of halogens is 1. The van der Waals surface area contributed by atoms with Crippen molar-refractivity contribution >= 4 is 0 Å². The van der Waals surface area contributed by atoms with Crippen molar-refractivity contribution in [2.24, 2.45) is 0 Å². The number of benzene rings is 2. The summed E-state index contributed by atoms with van der Waals surface area (Å²) in [6, 6.07) is 15.0. The van der Waals surface area contributed by atoms with E-state index in [0.717, 1.165) is 18.5 Å². The zero-order chi connectivity index (χ0) is 14.2. The quantitative estimate of drug-likeness (QED) is 0.835. The monoisotopic (exact) mass is 273 g/mol. The van der Waals surface area contributed by atoms with Crippen LogP contribution < -0.4 is 5.32 Å². The van der Waals surface area contributed by atoms with Crippen LogP contribution in [0.1, 0.15) is 16.7 Å². The molecule has 0 saturated heterocycles. The maximum Gasteiger partial charge on any atom is 0.128 e. The molecule has 0 aromatic heterocycles. The lowest BCUT2D eigenvalue weighted by Gasteiger charge is -2.07. The first-order valence-electron chi connectivity index (χ1n) is 6.83. The Morgan fingerprint density at radius 2 is 1.65 bits per heavy atom. The van der Waals surface area contributed by atoms with Gasteiger partial charge in [0.05, 0.1) is 13.2 Å². The minimum absolute atomic E-state index is 0.213. The Kier molecular flexibility index (Phi) is 5.71. The van der Waals surface area contributed by atoms with Gasteiger partial charge in [-0.15, -0.1) is 0 Å². The molecule has 0 atom stereocenters. The molecule has 0 aliphatic heterocycles. The minimum atomic E-state index is -0.213. The van der Waals surface area contributed by atoms with Gasteiger partial charge in [-0.1, -0.05) is 42.5 Å². The number of rotatable bonds is 7. The van der Waals surface area contributed by atoms with Gasteiger partial charge in [0.2, 0.25) is 0 Å². The molecule has 2 aromatic carbocycles. The van der Waals surface area contributed by atoms with E-state index in [1.54, 1.807) is 12.1 Å². The molecule has 20 heavy (non-hydrogen) atoms. The standard InChI is InChI=1S/C17H20FNO/c1-19-11-10-14-6-8-15(9-7-14)12-20-13-16-4-2-3-5-17(16)18/h2-9,19H,10-13H2,1H3. The second-order valence-corrected chi connectivity index (χ2v) is 4.75. The Morgan fingerprint density at radius 3 is 2.35 bits per heavy atom. The normalized spacial score (nSPS) is 10.7. The predicted molar refractivity (Wildman–Crippen MR) is 79.0 cm³/mol. The number of ether oxygens (including phenoxy) is 1. The van der Waals surface area contributed by atoms with Crippen molar-refractivity contribution in [1.29, 1.82) is 0 Å². The Hall–Kier alpha value is -1.71. The Bertz CT molecular complexity index is 525. The topological polar surface area (TPSA) is 21.3 Å². The summed E-state index contributed by atoms with van der Waals surface area (Å²) in [5, 5.41) is 3.13. The molecule has 0 spiro atoms. The lowest BCUT2D eigenvalue weighted by Crippen LogP contribution is -2.10. The molecule has 2 rings (SSSR count). The lowest BCUT2D eigenvalue weighted by molar-refractivity contribution is 0.105. The minimum Gasteiger partial charge on any atom is -0.372 e. The summed E-state index contributed by atoms with van der Waals surface area (Å²) in [5.74, 6) is -0.213. The molecule has 3 heteroatoms. The van der Waals surface area contributed by atoms with Gasteiger partial charge in [-0.05, 0) is 37.2 Å².